The van der Waals surface area contributed by atoms with Gasteiger partial charge in [-0.3, -0.25) is 4.79 Å². The summed E-state index contributed by atoms with van der Waals surface area (Å²) < 4.78 is 14.5. The lowest BCUT2D eigenvalue weighted by Crippen LogP contribution is -2.56. The Hall–Kier alpha value is -2.97. The van der Waals surface area contributed by atoms with Crippen LogP contribution in [0.4, 0.5) is 9.18 Å². The zero-order chi connectivity index (χ0) is 22.0. The smallest absolute Gasteiger partial charge is 0.349 e. The molecule has 158 valence electrons. The third-order valence-corrected chi connectivity index (χ3v) is 6.20. The predicted octanol–water partition coefficient (Wildman–Crippen LogP) is 3.34. The van der Waals surface area contributed by atoms with E-state index >= 15 is 0 Å². The van der Waals surface area contributed by atoms with Gasteiger partial charge < -0.3 is 5.32 Å². The van der Waals surface area contributed by atoms with Crippen molar-refractivity contribution in [3.8, 4) is 0 Å². The highest BCUT2D eigenvalue weighted by Gasteiger charge is 2.49. The molecule has 1 N–H and O–H groups in total. The first-order valence-electron chi connectivity index (χ1n) is 9.49. The molecule has 9 heteroatoms. The molecule has 2 aliphatic heterocycles. The van der Waals surface area contributed by atoms with Crippen molar-refractivity contribution in [3.05, 3.63) is 82.0 Å². The average Bonchev–Trinajstić information content (AvgIpc) is 3.25. The van der Waals surface area contributed by atoms with Crippen LogP contribution in [0.15, 0.2) is 60.0 Å². The highest BCUT2D eigenvalue weighted by Crippen LogP contribution is 2.28. The van der Waals surface area contributed by atoms with Gasteiger partial charge in [0.1, 0.15) is 18.1 Å². The quantitative estimate of drug-likeness (QED) is 0.674. The van der Waals surface area contributed by atoms with Gasteiger partial charge in [0.15, 0.2) is 11.8 Å². The molecular weight excluding hydrogens is 441 g/mol. The number of fused-ring (bicyclic) bond motifs is 1. The fourth-order valence-electron chi connectivity index (χ4n) is 3.33. The molecule has 0 aliphatic carbocycles. The number of hydrogen-bond donors (Lipinski definition) is 1. The number of benzene rings is 2. The van der Waals surface area contributed by atoms with Crippen molar-refractivity contribution in [3.63, 3.8) is 0 Å². The molecule has 31 heavy (non-hydrogen) atoms. The van der Waals surface area contributed by atoms with Gasteiger partial charge in [0.2, 0.25) is 0 Å². The van der Waals surface area contributed by atoms with Gasteiger partial charge in [-0.2, -0.15) is 14.3 Å². The summed E-state index contributed by atoms with van der Waals surface area (Å²) in [5, 5.41) is 4.55. The topological polar surface area (TPSA) is 69.5 Å². The van der Waals surface area contributed by atoms with Gasteiger partial charge in [-0.1, -0.05) is 35.9 Å². The van der Waals surface area contributed by atoms with E-state index in [1.807, 2.05) is 0 Å². The summed E-state index contributed by atoms with van der Waals surface area (Å²) in [6, 6.07) is 12.1. The molecule has 0 saturated heterocycles. The first-order chi connectivity index (χ1) is 14.9. The molecule has 1 atom stereocenters. The molecule has 4 rings (SSSR count). The highest BCUT2D eigenvalue weighted by atomic mass is 35.5. The number of thioether (sulfide) groups is 1. The van der Waals surface area contributed by atoms with Crippen molar-refractivity contribution in [2.45, 2.75) is 18.3 Å². The van der Waals surface area contributed by atoms with E-state index in [-0.39, 0.29) is 24.9 Å². The number of nitrogens with zero attached hydrogens (tertiary/aromatic N) is 2. The van der Waals surface area contributed by atoms with E-state index in [1.165, 1.54) is 40.6 Å². The van der Waals surface area contributed by atoms with Gasteiger partial charge in [-0.25, -0.2) is 9.18 Å². The Kier molecular flexibility index (Phi) is 6.20. The third-order valence-electron chi connectivity index (χ3n) is 4.94. The van der Waals surface area contributed by atoms with E-state index < -0.39 is 17.1 Å². The second kappa shape index (κ2) is 9.03. The van der Waals surface area contributed by atoms with E-state index in [4.69, 9.17) is 11.6 Å². The van der Waals surface area contributed by atoms with E-state index in [0.717, 1.165) is 10.5 Å². The van der Waals surface area contributed by atoms with Crippen LogP contribution in [0, 0.1) is 5.82 Å². The number of halogens is 2. The first-order valence-corrected chi connectivity index (χ1v) is 10.8. The molecule has 4 amide bonds. The van der Waals surface area contributed by atoms with Crippen molar-refractivity contribution >= 4 is 46.9 Å². The molecular formula is C22H18ClFN3O3S+. The summed E-state index contributed by atoms with van der Waals surface area (Å²) >= 11 is 7.16. The Balaban J connectivity index is 1.50. The highest BCUT2D eigenvalue weighted by molar-refractivity contribution is 8.04. The maximum atomic E-state index is 13.2. The Morgan fingerprint density at radius 3 is 2.48 bits per heavy atom. The predicted molar refractivity (Wildman–Crippen MR) is 116 cm³/mol. The third kappa shape index (κ3) is 4.70. The van der Waals surface area contributed by atoms with Crippen molar-refractivity contribution in [2.75, 3.05) is 6.54 Å². The maximum Gasteiger partial charge on any atom is 0.501 e. The zero-order valence-electron chi connectivity index (χ0n) is 16.3. The number of nitrogens with one attached hydrogen (secondary N) is 1. The van der Waals surface area contributed by atoms with Crippen molar-refractivity contribution in [1.82, 2.24) is 10.2 Å². The van der Waals surface area contributed by atoms with Crippen LogP contribution in [0.3, 0.4) is 0 Å². The van der Waals surface area contributed by atoms with Crippen LogP contribution in [-0.4, -0.2) is 44.8 Å². The van der Waals surface area contributed by atoms with Gasteiger partial charge in [-0.15, -0.1) is 11.8 Å². The SMILES string of the molecule is O=C(C[N+]1=C2C=CSC2C(=O)N(Cc2ccc(F)cc2)C1=O)NCc1ccc(Cl)cc1. The van der Waals surface area contributed by atoms with Crippen LogP contribution in [0.5, 0.6) is 0 Å². The van der Waals surface area contributed by atoms with Crippen molar-refractivity contribution in [2.24, 2.45) is 0 Å². The van der Waals surface area contributed by atoms with Crippen LogP contribution in [-0.2, 0) is 22.7 Å². The molecule has 2 aromatic rings. The van der Waals surface area contributed by atoms with E-state index in [9.17, 15) is 18.8 Å². The number of imide groups is 1. The number of amides is 4. The Bertz CT molecular complexity index is 1100. The van der Waals surface area contributed by atoms with Gasteiger partial charge in [0.25, 0.3) is 5.91 Å². The number of hydrogen-bond acceptors (Lipinski definition) is 4. The number of allylic oxidation sites excluding steroid dienone is 1. The van der Waals surface area contributed by atoms with Crippen LogP contribution in [0.1, 0.15) is 11.1 Å². The van der Waals surface area contributed by atoms with Crippen LogP contribution >= 0.6 is 23.4 Å². The normalized spacial score (nSPS) is 17.9. The molecule has 0 spiro atoms. The summed E-state index contributed by atoms with van der Waals surface area (Å²) in [5.74, 6) is -1.10. The molecule has 6 nitrogen and oxygen atoms in total. The molecule has 2 aromatic carbocycles. The minimum Gasteiger partial charge on any atom is -0.349 e. The Morgan fingerprint density at radius 2 is 1.77 bits per heavy atom. The molecule has 0 radical (unpaired) electrons. The molecule has 2 aliphatic rings. The van der Waals surface area contributed by atoms with E-state index in [1.54, 1.807) is 35.7 Å². The Morgan fingerprint density at radius 1 is 1.10 bits per heavy atom. The summed E-state index contributed by atoms with van der Waals surface area (Å²) in [4.78, 5) is 39.6. The number of carbonyl (C=O) groups excluding carboxylic acids is 3. The molecule has 0 fully saturated rings. The fourth-order valence-corrected chi connectivity index (χ4v) is 4.42. The second-order valence-corrected chi connectivity index (χ2v) is 8.52. The average molecular weight is 459 g/mol. The lowest BCUT2D eigenvalue weighted by atomic mass is 10.1. The maximum absolute atomic E-state index is 13.2. The summed E-state index contributed by atoms with van der Waals surface area (Å²) in [7, 11) is 0. The van der Waals surface area contributed by atoms with E-state index in [0.29, 0.717) is 22.8 Å². The number of rotatable bonds is 6. The van der Waals surface area contributed by atoms with Crippen molar-refractivity contribution < 1.29 is 23.3 Å². The molecule has 0 aromatic heterocycles. The summed E-state index contributed by atoms with van der Waals surface area (Å²) in [6.07, 6.45) is 1.69. The second-order valence-electron chi connectivity index (χ2n) is 7.07. The molecule has 0 saturated carbocycles. The van der Waals surface area contributed by atoms with Crippen LogP contribution < -0.4 is 5.32 Å². The van der Waals surface area contributed by atoms with Crippen LogP contribution in [0.25, 0.3) is 0 Å². The van der Waals surface area contributed by atoms with Gasteiger partial charge in [-0.05, 0) is 46.9 Å². The van der Waals surface area contributed by atoms with E-state index in [2.05, 4.69) is 5.32 Å². The monoisotopic (exact) mass is 458 g/mol. The molecule has 2 heterocycles. The zero-order valence-corrected chi connectivity index (χ0v) is 17.8. The largest absolute Gasteiger partial charge is 0.501 e. The lowest BCUT2D eigenvalue weighted by Gasteiger charge is -2.24. The molecule has 1 unspecified atom stereocenters. The standard InChI is InChI=1S/C22H17ClFN3O3S/c23-16-5-1-14(2-6-16)11-25-19(28)13-26-18-9-10-31-20(18)21(29)27(22(26)30)12-15-3-7-17(24)8-4-15/h1-10,20H,11-13H2/p+1. The summed E-state index contributed by atoms with van der Waals surface area (Å²) in [6.45, 7) is 0.0845. The van der Waals surface area contributed by atoms with Gasteiger partial charge in [0.05, 0.1) is 0 Å². The van der Waals surface area contributed by atoms with Gasteiger partial charge in [0, 0.05) is 11.6 Å². The van der Waals surface area contributed by atoms with Crippen LogP contribution in [0.2, 0.25) is 5.02 Å². The van der Waals surface area contributed by atoms with Gasteiger partial charge >= 0.3 is 11.9 Å². The minimum absolute atomic E-state index is 0.00514. The molecule has 0 bridgehead atoms. The number of urea groups is 1. The first kappa shape index (κ1) is 21.3. The summed E-state index contributed by atoms with van der Waals surface area (Å²) in [5.41, 5.74) is 1.99. The number of carbonyl (C=O) groups is 3. The fraction of sp³-hybridized carbons (Fsp3) is 0.182. The lowest BCUT2D eigenvalue weighted by molar-refractivity contribution is -0.427. The minimum atomic E-state index is -0.581. The Labute approximate surface area is 187 Å². The van der Waals surface area contributed by atoms with Crippen molar-refractivity contribution in [1.29, 1.82) is 0 Å².